The van der Waals surface area contributed by atoms with Gasteiger partial charge < -0.3 is 13.9 Å². The fourth-order valence-electron chi connectivity index (χ4n) is 4.23. The molecule has 0 spiro atoms. The van der Waals surface area contributed by atoms with Gasteiger partial charge in [0.15, 0.2) is 5.43 Å². The second kappa shape index (κ2) is 9.24. The number of hydrogen-bond donors (Lipinski definition) is 0. The van der Waals surface area contributed by atoms with Gasteiger partial charge in [0.05, 0.1) is 29.1 Å². The lowest BCUT2D eigenvalue weighted by molar-refractivity contribution is 0.0971. The number of nitrogens with zero attached hydrogens (tertiary/aromatic N) is 1. The highest BCUT2D eigenvalue weighted by molar-refractivity contribution is 9.10. The molecule has 0 saturated carbocycles. The Balaban J connectivity index is 1.72. The molecule has 1 aliphatic heterocycles. The first kappa shape index (κ1) is 23.2. The summed E-state index contributed by atoms with van der Waals surface area (Å²) in [6, 6.07) is 16.7. The Labute approximate surface area is 214 Å². The molecule has 6 nitrogen and oxygen atoms in total. The van der Waals surface area contributed by atoms with E-state index in [1.54, 1.807) is 54.6 Å². The minimum atomic E-state index is -0.727. The minimum Gasteiger partial charge on any atom is -0.495 e. The van der Waals surface area contributed by atoms with Crippen LogP contribution in [0.1, 0.15) is 27.7 Å². The lowest BCUT2D eigenvalue weighted by atomic mass is 9.98. The largest absolute Gasteiger partial charge is 0.495 e. The molecular weight excluding hydrogens is 534 g/mol. The first-order valence-corrected chi connectivity index (χ1v) is 11.9. The molecule has 176 valence electrons. The molecular formula is C27H19BrClNO5. The summed E-state index contributed by atoms with van der Waals surface area (Å²) in [7, 11) is 1.52. The molecule has 0 fully saturated rings. The number of methoxy groups -OCH3 is 1. The van der Waals surface area contributed by atoms with Gasteiger partial charge in [-0.1, -0.05) is 52.3 Å². The molecule has 1 aromatic heterocycles. The molecule has 0 bridgehead atoms. The summed E-state index contributed by atoms with van der Waals surface area (Å²) < 4.78 is 17.6. The third-order valence-corrected chi connectivity index (χ3v) is 6.60. The Morgan fingerprint density at radius 3 is 2.57 bits per heavy atom. The number of halogens is 2. The third kappa shape index (κ3) is 4.00. The van der Waals surface area contributed by atoms with Crippen molar-refractivity contribution in [2.45, 2.75) is 6.04 Å². The Kier molecular flexibility index (Phi) is 6.13. The molecule has 4 aromatic rings. The number of carbonyl (C=O) groups excluding carboxylic acids is 1. The van der Waals surface area contributed by atoms with Crippen LogP contribution in [-0.2, 0) is 0 Å². The van der Waals surface area contributed by atoms with Crippen LogP contribution in [0.2, 0.25) is 5.02 Å². The zero-order chi connectivity index (χ0) is 24.7. The van der Waals surface area contributed by atoms with E-state index in [1.807, 2.05) is 12.1 Å². The van der Waals surface area contributed by atoms with Crippen molar-refractivity contribution in [3.8, 4) is 11.5 Å². The smallest absolute Gasteiger partial charge is 0.295 e. The highest BCUT2D eigenvalue weighted by atomic mass is 79.9. The van der Waals surface area contributed by atoms with Crippen molar-refractivity contribution in [2.24, 2.45) is 0 Å². The summed E-state index contributed by atoms with van der Waals surface area (Å²) in [6.07, 6.45) is 1.66. The number of hydrogen-bond acceptors (Lipinski definition) is 5. The maximum absolute atomic E-state index is 13.7. The van der Waals surface area contributed by atoms with Crippen molar-refractivity contribution in [1.82, 2.24) is 0 Å². The lowest BCUT2D eigenvalue weighted by Crippen LogP contribution is -2.29. The zero-order valence-corrected chi connectivity index (χ0v) is 20.9. The predicted molar refractivity (Wildman–Crippen MR) is 139 cm³/mol. The minimum absolute atomic E-state index is 0.00810. The number of rotatable bonds is 6. The summed E-state index contributed by atoms with van der Waals surface area (Å²) >= 11 is 9.80. The Bertz CT molecular complexity index is 1530. The third-order valence-electron chi connectivity index (χ3n) is 5.81. The van der Waals surface area contributed by atoms with Gasteiger partial charge in [0.1, 0.15) is 23.7 Å². The molecule has 35 heavy (non-hydrogen) atoms. The van der Waals surface area contributed by atoms with Gasteiger partial charge in [-0.15, -0.1) is 0 Å². The molecule has 0 saturated heterocycles. The quantitative estimate of drug-likeness (QED) is 0.254. The van der Waals surface area contributed by atoms with Gasteiger partial charge in [0, 0.05) is 10.2 Å². The van der Waals surface area contributed by atoms with E-state index in [9.17, 15) is 9.59 Å². The normalized spacial score (nSPS) is 14.8. The summed E-state index contributed by atoms with van der Waals surface area (Å²) in [5.74, 6) is 0.699. The first-order valence-electron chi connectivity index (χ1n) is 10.7. The number of anilines is 1. The van der Waals surface area contributed by atoms with Crippen LogP contribution in [0.5, 0.6) is 11.5 Å². The number of benzene rings is 3. The highest BCUT2D eigenvalue weighted by Crippen LogP contribution is 2.43. The molecule has 2 heterocycles. The second-order valence-corrected chi connectivity index (χ2v) is 9.20. The monoisotopic (exact) mass is 551 g/mol. The van der Waals surface area contributed by atoms with Gasteiger partial charge in [0.2, 0.25) is 5.76 Å². The Morgan fingerprint density at radius 1 is 1.11 bits per heavy atom. The predicted octanol–water partition coefficient (Wildman–Crippen LogP) is 6.53. The van der Waals surface area contributed by atoms with Crippen molar-refractivity contribution in [3.05, 3.63) is 110 Å². The molecule has 3 aromatic carbocycles. The second-order valence-electron chi connectivity index (χ2n) is 7.88. The van der Waals surface area contributed by atoms with Gasteiger partial charge >= 0.3 is 0 Å². The summed E-state index contributed by atoms with van der Waals surface area (Å²) in [5, 5.41) is 0.727. The number of ether oxygens (including phenoxy) is 2. The van der Waals surface area contributed by atoms with Crippen molar-refractivity contribution in [3.63, 3.8) is 0 Å². The maximum Gasteiger partial charge on any atom is 0.295 e. The van der Waals surface area contributed by atoms with Gasteiger partial charge in [-0.05, 0) is 54.1 Å². The molecule has 1 amide bonds. The van der Waals surface area contributed by atoms with Gasteiger partial charge in [-0.25, -0.2) is 0 Å². The molecule has 1 aliphatic rings. The van der Waals surface area contributed by atoms with Crippen molar-refractivity contribution in [1.29, 1.82) is 0 Å². The van der Waals surface area contributed by atoms with Crippen LogP contribution in [-0.4, -0.2) is 19.6 Å². The van der Waals surface area contributed by atoms with Gasteiger partial charge in [-0.3, -0.25) is 14.5 Å². The van der Waals surface area contributed by atoms with Gasteiger partial charge in [-0.2, -0.15) is 0 Å². The fraction of sp³-hybridized carbons (Fsp3) is 0.111. The van der Waals surface area contributed by atoms with E-state index < -0.39 is 11.9 Å². The maximum atomic E-state index is 13.7. The van der Waals surface area contributed by atoms with Crippen LogP contribution in [0.3, 0.4) is 0 Å². The van der Waals surface area contributed by atoms with Crippen LogP contribution in [0, 0.1) is 0 Å². The molecule has 8 heteroatoms. The van der Waals surface area contributed by atoms with E-state index in [2.05, 4.69) is 22.5 Å². The zero-order valence-electron chi connectivity index (χ0n) is 18.6. The Morgan fingerprint density at radius 2 is 1.89 bits per heavy atom. The lowest BCUT2D eigenvalue weighted by Gasteiger charge is -2.26. The number of carbonyl (C=O) groups is 1. The van der Waals surface area contributed by atoms with E-state index in [0.717, 1.165) is 10.0 Å². The first-order chi connectivity index (χ1) is 16.9. The number of fused-ring (bicyclic) bond motifs is 2. The van der Waals surface area contributed by atoms with Crippen molar-refractivity contribution < 1.29 is 18.7 Å². The van der Waals surface area contributed by atoms with E-state index in [1.165, 1.54) is 12.0 Å². The molecule has 5 rings (SSSR count). The summed E-state index contributed by atoms with van der Waals surface area (Å²) in [6.45, 7) is 4.02. The SMILES string of the molecule is C=CCOc1ccc(C2c3c(oc4ccc(Br)cc4c3=O)C(=O)N2c2ccc(OC)c(Cl)c2)cc1. The molecule has 1 unspecified atom stereocenters. The van der Waals surface area contributed by atoms with Crippen LogP contribution in [0.25, 0.3) is 11.0 Å². The van der Waals surface area contributed by atoms with Crippen molar-refractivity contribution in [2.75, 3.05) is 18.6 Å². The van der Waals surface area contributed by atoms with Crippen LogP contribution >= 0.6 is 27.5 Å². The summed E-state index contributed by atoms with van der Waals surface area (Å²) in [4.78, 5) is 28.9. The van der Waals surface area contributed by atoms with E-state index in [4.69, 9.17) is 25.5 Å². The average Bonchev–Trinajstić information content (AvgIpc) is 3.16. The Hall–Kier alpha value is -3.55. The average molecular weight is 553 g/mol. The molecule has 0 radical (unpaired) electrons. The standard InChI is InChI=1S/C27H19BrClNO5/c1-3-12-34-18-8-4-15(5-9-18)24-23-25(31)19-13-16(28)6-10-21(19)35-26(23)27(32)30(24)17-7-11-22(33-2)20(29)14-17/h3-11,13-14,24H,1,12H2,2H3. The molecule has 0 aliphatic carbocycles. The fourth-order valence-corrected chi connectivity index (χ4v) is 4.85. The van der Waals surface area contributed by atoms with E-state index >= 15 is 0 Å². The molecule has 0 N–H and O–H groups in total. The van der Waals surface area contributed by atoms with E-state index in [0.29, 0.717) is 39.8 Å². The van der Waals surface area contributed by atoms with Crippen molar-refractivity contribution >= 4 is 50.1 Å². The highest BCUT2D eigenvalue weighted by Gasteiger charge is 2.43. The topological polar surface area (TPSA) is 69.0 Å². The van der Waals surface area contributed by atoms with Crippen LogP contribution < -0.4 is 19.8 Å². The van der Waals surface area contributed by atoms with E-state index in [-0.39, 0.29) is 16.8 Å². The molecule has 1 atom stereocenters. The summed E-state index contributed by atoms with van der Waals surface area (Å²) in [5.41, 5.74) is 1.57. The van der Waals surface area contributed by atoms with Crippen LogP contribution in [0.4, 0.5) is 5.69 Å². The van der Waals surface area contributed by atoms with Crippen LogP contribution in [0.15, 0.2) is 87.0 Å². The van der Waals surface area contributed by atoms with Gasteiger partial charge in [0.25, 0.3) is 5.91 Å². The number of amides is 1.